The lowest BCUT2D eigenvalue weighted by atomic mass is 9.75. The summed E-state index contributed by atoms with van der Waals surface area (Å²) in [5.41, 5.74) is 18.9. The van der Waals surface area contributed by atoms with E-state index in [1.54, 1.807) is 0 Å². The maximum Gasteiger partial charge on any atom is 0.214 e. The van der Waals surface area contributed by atoms with Gasteiger partial charge in [-0.25, -0.2) is 0 Å². The first-order chi connectivity index (χ1) is 33.0. The molecule has 318 valence electrons. The molecule has 3 aromatic heterocycles. The monoisotopic (exact) mass is 858 g/mol. The number of benzene rings is 9. The molecule has 1 aliphatic heterocycles. The van der Waals surface area contributed by atoms with Crippen LogP contribution in [-0.4, -0.2) is 9.13 Å². The topological polar surface area (TPSA) is 13.7 Å². The molecule has 9 aromatic carbocycles. The number of aromatic nitrogens is 3. The minimum Gasteiger partial charge on any atom is -0.309 e. The summed E-state index contributed by atoms with van der Waals surface area (Å²) in [6.07, 6.45) is 4.30. The van der Waals surface area contributed by atoms with Crippen LogP contribution in [0.5, 0.6) is 0 Å². The fraction of sp³-hybridized carbons (Fsp3) is 0.0781. The van der Waals surface area contributed by atoms with Gasteiger partial charge >= 0.3 is 0 Å². The third kappa shape index (κ3) is 5.94. The van der Waals surface area contributed by atoms with Crippen molar-refractivity contribution in [2.75, 3.05) is 0 Å². The molecule has 0 N–H and O–H groups in total. The predicted octanol–water partition coefficient (Wildman–Crippen LogP) is 16.5. The number of rotatable bonds is 7. The van der Waals surface area contributed by atoms with Crippen LogP contribution in [0.15, 0.2) is 225 Å². The number of hydrogen-bond donors (Lipinski definition) is 0. The lowest BCUT2D eigenvalue weighted by Crippen LogP contribution is -2.59. The molecule has 0 saturated carbocycles. The molecule has 0 atom stereocenters. The van der Waals surface area contributed by atoms with Crippen LogP contribution in [0.2, 0.25) is 0 Å². The van der Waals surface area contributed by atoms with Crippen molar-refractivity contribution in [2.24, 2.45) is 0 Å². The van der Waals surface area contributed by atoms with E-state index in [1.165, 1.54) is 110 Å². The summed E-state index contributed by atoms with van der Waals surface area (Å²) >= 11 is 0. The van der Waals surface area contributed by atoms with E-state index in [1.807, 2.05) is 0 Å². The van der Waals surface area contributed by atoms with Crippen LogP contribution in [0.4, 0.5) is 0 Å². The van der Waals surface area contributed by atoms with Crippen molar-refractivity contribution in [3.63, 3.8) is 0 Å². The zero-order valence-electron chi connectivity index (χ0n) is 37.7. The van der Waals surface area contributed by atoms with Crippen molar-refractivity contribution in [3.05, 3.63) is 231 Å². The van der Waals surface area contributed by atoms with Gasteiger partial charge in [-0.05, 0) is 123 Å². The molecule has 12 aromatic rings. The third-order valence-corrected chi connectivity index (χ3v) is 14.9. The number of allylic oxidation sites excluding steroid dienone is 1. The zero-order valence-corrected chi connectivity index (χ0v) is 37.7. The van der Waals surface area contributed by atoms with Crippen LogP contribution in [0.1, 0.15) is 32.3 Å². The number of hydrogen-bond acceptors (Lipinski definition) is 0. The van der Waals surface area contributed by atoms with Crippen LogP contribution in [-0.2, 0) is 5.54 Å². The highest BCUT2D eigenvalue weighted by Gasteiger charge is 2.47. The van der Waals surface area contributed by atoms with Gasteiger partial charge in [0.25, 0.3) is 0 Å². The zero-order chi connectivity index (χ0) is 44.8. The highest BCUT2D eigenvalue weighted by Crippen LogP contribution is 2.47. The van der Waals surface area contributed by atoms with Gasteiger partial charge in [0.1, 0.15) is 0 Å². The van der Waals surface area contributed by atoms with Crippen LogP contribution in [0, 0.1) is 0 Å². The first-order valence-electron chi connectivity index (χ1n) is 23.6. The average molecular weight is 859 g/mol. The van der Waals surface area contributed by atoms with Gasteiger partial charge in [-0.1, -0.05) is 148 Å². The van der Waals surface area contributed by atoms with Crippen LogP contribution < -0.4 is 4.57 Å². The molecule has 0 radical (unpaired) electrons. The standard InChI is InChI=1S/C64H48N3/c1-4-64(5-2)42(3)53-31-30-52(38-56(53)61-37-45-23-15-16-24-47(45)41-65(61)64)67-59-28-18-17-27-54(59)57-39-58-55-36-46(29-32-60(55)66(63(58)40-62(57)67)51-25-13-8-14-26-51)50-34-48(43-19-9-6-10-20-43)33-49(35-50)44-21-11-7-12-22-44/h6-41H,3-5H2,1-2H3/q+1. The van der Waals surface area contributed by atoms with Crippen LogP contribution >= 0.6 is 0 Å². The molecule has 0 fully saturated rings. The Balaban J connectivity index is 1.06. The van der Waals surface area contributed by atoms with Gasteiger partial charge < -0.3 is 9.13 Å². The van der Waals surface area contributed by atoms with Gasteiger partial charge in [-0.15, -0.1) is 0 Å². The van der Waals surface area contributed by atoms with E-state index in [4.69, 9.17) is 6.58 Å². The number of para-hydroxylation sites is 2. The summed E-state index contributed by atoms with van der Waals surface area (Å²) in [5, 5.41) is 7.42. The van der Waals surface area contributed by atoms with E-state index in [9.17, 15) is 0 Å². The molecule has 0 bridgehead atoms. The SMILES string of the molecule is C=C1c2ccc(-n3c4ccccc4c4cc5c6cc(-c7cc(-c8ccccc8)cc(-c8ccccc8)c7)ccc6n(-c6ccccc6)c5cc43)cc2-c2cc3ccccc3c[n+]2C1(CC)CC. The second kappa shape index (κ2) is 15.2. The fourth-order valence-corrected chi connectivity index (χ4v) is 11.5. The summed E-state index contributed by atoms with van der Waals surface area (Å²) in [6, 6.07) is 78.4. The maximum atomic E-state index is 4.85. The molecule has 67 heavy (non-hydrogen) atoms. The minimum absolute atomic E-state index is 0.202. The Hall–Kier alpha value is -8.27. The highest BCUT2D eigenvalue weighted by atomic mass is 15.1. The van der Waals surface area contributed by atoms with E-state index < -0.39 is 0 Å². The lowest BCUT2D eigenvalue weighted by molar-refractivity contribution is -0.740. The molecule has 0 aliphatic carbocycles. The highest BCUT2D eigenvalue weighted by molar-refractivity contribution is 6.19. The molecule has 0 amide bonds. The molecule has 13 rings (SSSR count). The van der Waals surface area contributed by atoms with E-state index in [0.29, 0.717) is 0 Å². The van der Waals surface area contributed by atoms with Crippen molar-refractivity contribution in [2.45, 2.75) is 32.2 Å². The summed E-state index contributed by atoms with van der Waals surface area (Å²) in [5.74, 6) is 0. The molecule has 0 unspecified atom stereocenters. The summed E-state index contributed by atoms with van der Waals surface area (Å²) in [7, 11) is 0. The molecule has 0 saturated heterocycles. The van der Waals surface area contributed by atoms with Crippen LogP contribution in [0.25, 0.3) is 116 Å². The molecule has 1 aliphatic rings. The van der Waals surface area contributed by atoms with Crippen molar-refractivity contribution in [1.82, 2.24) is 9.13 Å². The summed E-state index contributed by atoms with van der Waals surface area (Å²) < 4.78 is 7.47. The number of fused-ring (bicyclic) bond motifs is 10. The van der Waals surface area contributed by atoms with Crippen LogP contribution in [0.3, 0.4) is 0 Å². The van der Waals surface area contributed by atoms with Gasteiger partial charge in [-0.2, -0.15) is 4.57 Å². The molecule has 0 spiro atoms. The third-order valence-electron chi connectivity index (χ3n) is 14.9. The molecular formula is C64H48N3+. The smallest absolute Gasteiger partial charge is 0.214 e. The van der Waals surface area contributed by atoms with E-state index in [2.05, 4.69) is 246 Å². The van der Waals surface area contributed by atoms with Gasteiger partial charge in [0.05, 0.1) is 27.6 Å². The first kappa shape index (κ1) is 39.1. The normalized spacial score (nSPS) is 13.2. The maximum absolute atomic E-state index is 4.85. The van der Waals surface area contributed by atoms with E-state index in [-0.39, 0.29) is 5.54 Å². The molecule has 3 heteroatoms. The number of nitrogens with zero attached hydrogens (tertiary/aromatic N) is 3. The Morgan fingerprint density at radius 1 is 0.388 bits per heavy atom. The largest absolute Gasteiger partial charge is 0.309 e. The molecular weight excluding hydrogens is 811 g/mol. The van der Waals surface area contributed by atoms with Gasteiger partial charge in [0, 0.05) is 62.8 Å². The van der Waals surface area contributed by atoms with Crippen molar-refractivity contribution >= 4 is 60.0 Å². The summed E-state index contributed by atoms with van der Waals surface area (Å²) in [4.78, 5) is 0. The van der Waals surface area contributed by atoms with Gasteiger partial charge in [0.15, 0.2) is 11.7 Å². The fourth-order valence-electron chi connectivity index (χ4n) is 11.5. The van der Waals surface area contributed by atoms with Crippen molar-refractivity contribution in [3.8, 4) is 56.0 Å². The van der Waals surface area contributed by atoms with E-state index >= 15 is 0 Å². The van der Waals surface area contributed by atoms with Gasteiger partial charge in [-0.3, -0.25) is 0 Å². The number of pyridine rings is 1. The Morgan fingerprint density at radius 2 is 0.940 bits per heavy atom. The second-order valence-corrected chi connectivity index (χ2v) is 18.3. The van der Waals surface area contributed by atoms with Crippen molar-refractivity contribution < 1.29 is 4.57 Å². The molecule has 3 nitrogen and oxygen atoms in total. The Kier molecular flexibility index (Phi) is 8.85. The van der Waals surface area contributed by atoms with Crippen molar-refractivity contribution in [1.29, 1.82) is 0 Å². The lowest BCUT2D eigenvalue weighted by Gasteiger charge is -2.35. The Labute approximate surface area is 390 Å². The van der Waals surface area contributed by atoms with Gasteiger partial charge in [0.2, 0.25) is 5.69 Å². The first-order valence-corrected chi connectivity index (χ1v) is 23.6. The van der Waals surface area contributed by atoms with E-state index in [0.717, 1.165) is 24.2 Å². The predicted molar refractivity (Wildman–Crippen MR) is 282 cm³/mol. The Bertz CT molecular complexity index is 3890. The Morgan fingerprint density at radius 3 is 1.63 bits per heavy atom. The summed E-state index contributed by atoms with van der Waals surface area (Å²) in [6.45, 7) is 9.46. The average Bonchev–Trinajstić information content (AvgIpc) is 3.89. The minimum atomic E-state index is -0.202. The second-order valence-electron chi connectivity index (χ2n) is 18.3. The molecule has 4 heterocycles. The quantitative estimate of drug-likeness (QED) is 0.142.